The van der Waals surface area contributed by atoms with E-state index in [1.807, 2.05) is 0 Å². The molecule has 7 heteroatoms. The Morgan fingerprint density at radius 1 is 1.27 bits per heavy atom. The summed E-state index contributed by atoms with van der Waals surface area (Å²) in [6.45, 7) is 13.7. The molecular weight excluding hydrogens is 350 g/mol. The van der Waals surface area contributed by atoms with Crippen molar-refractivity contribution in [1.82, 2.24) is 9.62 Å². The van der Waals surface area contributed by atoms with E-state index in [2.05, 4.69) is 51.2 Å². The van der Waals surface area contributed by atoms with Crippen molar-refractivity contribution >= 4 is 15.9 Å². The molecule has 0 radical (unpaired) electrons. The number of amidine groups is 1. The second-order valence-electron chi connectivity index (χ2n) is 9.35. The van der Waals surface area contributed by atoms with Crippen LogP contribution < -0.4 is 4.72 Å². The first-order valence-electron chi connectivity index (χ1n) is 9.68. The number of aliphatic hydroxyl groups excluding tert-OH is 1. The van der Waals surface area contributed by atoms with Crippen LogP contribution in [0.3, 0.4) is 0 Å². The Balaban J connectivity index is 1.86. The molecule has 1 aliphatic carbocycles. The lowest BCUT2D eigenvalue weighted by Gasteiger charge is -2.38. The van der Waals surface area contributed by atoms with Crippen LogP contribution in [0.1, 0.15) is 60.8 Å². The average Bonchev–Trinajstić information content (AvgIpc) is 2.82. The van der Waals surface area contributed by atoms with Crippen LogP contribution in [0.15, 0.2) is 16.3 Å². The molecule has 0 aromatic carbocycles. The molecule has 1 saturated heterocycles. The average molecular weight is 384 g/mol. The standard InChI is InChI=1S/C19H33N3O3S/c1-11(2)18-20-12(3)17(19(4,5)6)16-7-13(10-22(16)18)21-26(24,25)15-8-14(23)9-15/h11-15,21,23H,7-10H2,1-6H3/t12-,13?,14?,15?/m0/s1. The van der Waals surface area contributed by atoms with Crippen LogP contribution in [0, 0.1) is 11.3 Å². The number of aliphatic hydroxyl groups is 1. The van der Waals surface area contributed by atoms with Crippen molar-refractivity contribution in [1.29, 1.82) is 0 Å². The van der Waals surface area contributed by atoms with Gasteiger partial charge in [0.25, 0.3) is 0 Å². The molecule has 3 rings (SSSR count). The van der Waals surface area contributed by atoms with E-state index in [4.69, 9.17) is 4.99 Å². The highest BCUT2D eigenvalue weighted by molar-refractivity contribution is 7.90. The summed E-state index contributed by atoms with van der Waals surface area (Å²) in [7, 11) is -3.39. The highest BCUT2D eigenvalue weighted by Crippen LogP contribution is 2.41. The van der Waals surface area contributed by atoms with Crippen molar-refractivity contribution in [2.45, 2.75) is 84.2 Å². The van der Waals surface area contributed by atoms with Gasteiger partial charge < -0.3 is 10.0 Å². The molecule has 2 aliphatic heterocycles. The third kappa shape index (κ3) is 3.58. The SMILES string of the molecule is CC(C)C1=N[C@@H](C)C(C(C)(C)C)=C2CC(NS(=O)(=O)C3CC(O)C3)CN12. The molecular formula is C19H33N3O3S. The van der Waals surface area contributed by atoms with Crippen molar-refractivity contribution in [3.8, 4) is 0 Å². The van der Waals surface area contributed by atoms with E-state index in [9.17, 15) is 13.5 Å². The minimum Gasteiger partial charge on any atom is -0.393 e. The largest absolute Gasteiger partial charge is 0.393 e. The van der Waals surface area contributed by atoms with Crippen molar-refractivity contribution in [2.24, 2.45) is 16.3 Å². The predicted molar refractivity (Wildman–Crippen MR) is 104 cm³/mol. The minimum absolute atomic E-state index is 0.00907. The molecule has 0 aromatic rings. The Bertz CT molecular complexity index is 728. The highest BCUT2D eigenvalue weighted by Gasteiger charge is 2.43. The van der Waals surface area contributed by atoms with E-state index in [0.29, 0.717) is 31.7 Å². The maximum absolute atomic E-state index is 12.6. The predicted octanol–water partition coefficient (Wildman–Crippen LogP) is 2.26. The van der Waals surface area contributed by atoms with Gasteiger partial charge in [0.1, 0.15) is 5.84 Å². The lowest BCUT2D eigenvalue weighted by atomic mass is 9.79. The zero-order valence-electron chi connectivity index (χ0n) is 16.8. The molecule has 1 saturated carbocycles. The molecule has 0 bridgehead atoms. The quantitative estimate of drug-likeness (QED) is 0.780. The summed E-state index contributed by atoms with van der Waals surface area (Å²) in [5, 5.41) is 8.98. The van der Waals surface area contributed by atoms with Crippen molar-refractivity contribution in [3.63, 3.8) is 0 Å². The van der Waals surface area contributed by atoms with Crippen molar-refractivity contribution in [2.75, 3.05) is 6.54 Å². The minimum atomic E-state index is -3.39. The number of sulfonamides is 1. The third-order valence-corrected chi connectivity index (χ3v) is 7.59. The van der Waals surface area contributed by atoms with Gasteiger partial charge in [-0.05, 0) is 30.8 Å². The van der Waals surface area contributed by atoms with Gasteiger partial charge in [-0.25, -0.2) is 13.1 Å². The number of hydrogen-bond acceptors (Lipinski definition) is 5. The number of nitrogens with one attached hydrogen (secondary N) is 1. The van der Waals surface area contributed by atoms with Crippen LogP contribution in [-0.2, 0) is 10.0 Å². The number of fused-ring (bicyclic) bond motifs is 1. The summed E-state index contributed by atoms with van der Waals surface area (Å²) in [6.07, 6.45) is 0.925. The molecule has 2 heterocycles. The van der Waals surface area contributed by atoms with Crippen LogP contribution in [0.25, 0.3) is 0 Å². The fraction of sp³-hybridized carbons (Fsp3) is 0.842. The van der Waals surface area contributed by atoms with Crippen LogP contribution >= 0.6 is 0 Å². The van der Waals surface area contributed by atoms with Crippen LogP contribution in [-0.4, -0.2) is 54.2 Å². The molecule has 0 spiro atoms. The molecule has 2 N–H and O–H groups in total. The van der Waals surface area contributed by atoms with E-state index < -0.39 is 21.4 Å². The number of aliphatic imine (C=N–C) groups is 1. The molecule has 2 atom stereocenters. The van der Waals surface area contributed by atoms with Gasteiger partial charge in [0.05, 0.1) is 17.4 Å². The van der Waals surface area contributed by atoms with E-state index in [1.165, 1.54) is 11.3 Å². The number of nitrogens with zero attached hydrogens (tertiary/aromatic N) is 2. The van der Waals surface area contributed by atoms with Gasteiger partial charge in [-0.2, -0.15) is 0 Å². The Morgan fingerprint density at radius 3 is 2.38 bits per heavy atom. The molecule has 148 valence electrons. The monoisotopic (exact) mass is 383 g/mol. The third-order valence-electron chi connectivity index (χ3n) is 5.66. The maximum Gasteiger partial charge on any atom is 0.215 e. The van der Waals surface area contributed by atoms with E-state index in [-0.39, 0.29) is 17.5 Å². The maximum atomic E-state index is 12.6. The van der Waals surface area contributed by atoms with Gasteiger partial charge in [-0.1, -0.05) is 34.6 Å². The Labute approximate surface area is 157 Å². The molecule has 1 unspecified atom stereocenters. The summed E-state index contributed by atoms with van der Waals surface area (Å²) in [4.78, 5) is 7.19. The molecule has 3 aliphatic rings. The molecule has 26 heavy (non-hydrogen) atoms. The highest BCUT2D eigenvalue weighted by atomic mass is 32.2. The molecule has 0 aromatic heterocycles. The van der Waals surface area contributed by atoms with Gasteiger partial charge in [-0.3, -0.25) is 4.99 Å². The molecule has 2 fully saturated rings. The summed E-state index contributed by atoms with van der Waals surface area (Å²) in [6, 6.07) is -0.0184. The Kier molecular flexibility index (Phi) is 5.04. The van der Waals surface area contributed by atoms with Crippen molar-refractivity contribution < 1.29 is 13.5 Å². The zero-order chi connectivity index (χ0) is 19.4. The zero-order valence-corrected chi connectivity index (χ0v) is 17.6. The Morgan fingerprint density at radius 2 is 1.88 bits per heavy atom. The van der Waals surface area contributed by atoms with Gasteiger partial charge in [-0.15, -0.1) is 0 Å². The number of hydrogen-bond donors (Lipinski definition) is 2. The van der Waals surface area contributed by atoms with Crippen LogP contribution in [0.2, 0.25) is 0 Å². The van der Waals surface area contributed by atoms with Gasteiger partial charge in [0.15, 0.2) is 0 Å². The summed E-state index contributed by atoms with van der Waals surface area (Å²) < 4.78 is 28.1. The second-order valence-corrected chi connectivity index (χ2v) is 11.3. The fourth-order valence-corrected chi connectivity index (χ4v) is 6.28. The van der Waals surface area contributed by atoms with Crippen molar-refractivity contribution in [3.05, 3.63) is 11.3 Å². The Hall–Kier alpha value is -0.920. The van der Waals surface area contributed by atoms with Crippen LogP contribution in [0.4, 0.5) is 0 Å². The summed E-state index contributed by atoms with van der Waals surface area (Å²) >= 11 is 0. The lowest BCUT2D eigenvalue weighted by Crippen LogP contribution is -2.49. The van der Waals surface area contributed by atoms with Crippen LogP contribution in [0.5, 0.6) is 0 Å². The number of rotatable bonds is 4. The van der Waals surface area contributed by atoms with Gasteiger partial charge in [0.2, 0.25) is 10.0 Å². The van der Waals surface area contributed by atoms with E-state index >= 15 is 0 Å². The first-order chi connectivity index (χ1) is 11.9. The fourth-order valence-electron chi connectivity index (χ4n) is 4.52. The van der Waals surface area contributed by atoms with Gasteiger partial charge in [0, 0.05) is 30.6 Å². The lowest BCUT2D eigenvalue weighted by molar-refractivity contribution is 0.0972. The second kappa shape index (κ2) is 6.60. The molecule has 6 nitrogen and oxygen atoms in total. The summed E-state index contributed by atoms with van der Waals surface area (Å²) in [5.41, 5.74) is 2.54. The summed E-state index contributed by atoms with van der Waals surface area (Å²) in [5.74, 6) is 1.35. The van der Waals surface area contributed by atoms with E-state index in [1.54, 1.807) is 0 Å². The topological polar surface area (TPSA) is 82.0 Å². The molecule has 0 amide bonds. The smallest absolute Gasteiger partial charge is 0.215 e. The normalized spacial score (nSPS) is 32.6. The van der Waals surface area contributed by atoms with E-state index in [0.717, 1.165) is 5.84 Å². The first kappa shape index (κ1) is 19.8. The first-order valence-corrected chi connectivity index (χ1v) is 11.2. The van der Waals surface area contributed by atoms with Gasteiger partial charge >= 0.3 is 0 Å².